The van der Waals surface area contributed by atoms with E-state index in [4.69, 9.17) is 9.26 Å². The first-order chi connectivity index (χ1) is 11.6. The van der Waals surface area contributed by atoms with Crippen LogP contribution in [-0.2, 0) is 6.42 Å². The number of nitrogens with zero attached hydrogens (tertiary/aromatic N) is 3. The van der Waals surface area contributed by atoms with Crippen molar-refractivity contribution in [1.29, 1.82) is 0 Å². The Hall–Kier alpha value is -2.89. The van der Waals surface area contributed by atoms with Gasteiger partial charge in [0.15, 0.2) is 0 Å². The van der Waals surface area contributed by atoms with Gasteiger partial charge in [0.05, 0.1) is 11.7 Å². The number of benzene rings is 1. The number of aromatic hydroxyl groups is 1. The minimum atomic E-state index is 0.0646. The number of phenols is 1. The van der Waals surface area contributed by atoms with Crippen molar-refractivity contribution in [2.45, 2.75) is 33.3 Å². The van der Waals surface area contributed by atoms with E-state index in [-0.39, 0.29) is 17.7 Å². The Balaban J connectivity index is 1.94. The van der Waals surface area contributed by atoms with Gasteiger partial charge in [0, 0.05) is 12.3 Å². The lowest BCUT2D eigenvalue weighted by Crippen LogP contribution is -2.05. The first kappa shape index (κ1) is 16.0. The van der Waals surface area contributed by atoms with Gasteiger partial charge in [-0.05, 0) is 44.0 Å². The number of ether oxygens (including phenoxy) is 1. The molecule has 3 aromatic rings. The minimum absolute atomic E-state index is 0.0646. The fraction of sp³-hybridized carbons (Fsp3) is 0.278. The second kappa shape index (κ2) is 6.70. The first-order valence-electron chi connectivity index (χ1n) is 7.86. The summed E-state index contributed by atoms with van der Waals surface area (Å²) in [5.74, 6) is 1.40. The second-order valence-electron chi connectivity index (χ2n) is 5.67. The number of hydrogen-bond donors (Lipinski definition) is 1. The Labute approximate surface area is 140 Å². The van der Waals surface area contributed by atoms with Crippen molar-refractivity contribution in [3.63, 3.8) is 0 Å². The van der Waals surface area contributed by atoms with E-state index >= 15 is 0 Å². The molecule has 0 unspecified atom stereocenters. The molecule has 0 radical (unpaired) electrons. The average molecular weight is 325 g/mol. The van der Waals surface area contributed by atoms with Gasteiger partial charge in [0.2, 0.25) is 5.82 Å². The lowest BCUT2D eigenvalue weighted by Gasteiger charge is -2.09. The molecule has 0 aliphatic rings. The average Bonchev–Trinajstić information content (AvgIpc) is 3.05. The maximum Gasteiger partial charge on any atom is 0.262 e. The van der Waals surface area contributed by atoms with Crippen LogP contribution >= 0.6 is 0 Å². The van der Waals surface area contributed by atoms with Gasteiger partial charge in [-0.25, -0.2) is 0 Å². The van der Waals surface area contributed by atoms with Crippen molar-refractivity contribution < 1.29 is 14.4 Å². The quantitative estimate of drug-likeness (QED) is 0.767. The predicted molar refractivity (Wildman–Crippen MR) is 89.8 cm³/mol. The zero-order valence-electron chi connectivity index (χ0n) is 13.9. The predicted octanol–water partition coefficient (Wildman–Crippen LogP) is 3.85. The van der Waals surface area contributed by atoms with E-state index in [1.54, 1.807) is 24.4 Å². The molecule has 1 aromatic carbocycles. The number of pyridine rings is 1. The molecular weight excluding hydrogens is 306 g/mol. The summed E-state index contributed by atoms with van der Waals surface area (Å²) in [5.41, 5.74) is 2.14. The van der Waals surface area contributed by atoms with Crippen molar-refractivity contribution in [2.75, 3.05) is 0 Å². The fourth-order valence-electron chi connectivity index (χ4n) is 2.29. The van der Waals surface area contributed by atoms with Gasteiger partial charge in [-0.15, -0.1) is 0 Å². The Kier molecular flexibility index (Phi) is 4.46. The Morgan fingerprint density at radius 3 is 2.79 bits per heavy atom. The molecule has 0 fully saturated rings. The maximum atomic E-state index is 10.0. The molecule has 0 aliphatic heterocycles. The zero-order chi connectivity index (χ0) is 17.1. The van der Waals surface area contributed by atoms with Crippen LogP contribution in [0.1, 0.15) is 26.3 Å². The number of phenolic OH excluding ortho intramolecular Hbond substituents is 1. The third-order valence-electron chi connectivity index (χ3n) is 3.46. The second-order valence-corrected chi connectivity index (χ2v) is 5.67. The van der Waals surface area contributed by atoms with E-state index in [1.165, 1.54) is 0 Å². The van der Waals surface area contributed by atoms with Gasteiger partial charge in [-0.3, -0.25) is 4.98 Å². The van der Waals surface area contributed by atoms with Gasteiger partial charge in [-0.2, -0.15) is 4.98 Å². The summed E-state index contributed by atoms with van der Waals surface area (Å²) in [6.45, 7) is 5.95. The summed E-state index contributed by atoms with van der Waals surface area (Å²) in [6.07, 6.45) is 2.55. The van der Waals surface area contributed by atoms with Gasteiger partial charge in [0.25, 0.3) is 5.89 Å². The first-order valence-corrected chi connectivity index (χ1v) is 7.86. The molecular formula is C18H19N3O3. The molecule has 0 atom stereocenters. The normalized spacial score (nSPS) is 11.0. The molecule has 0 bridgehead atoms. The summed E-state index contributed by atoms with van der Waals surface area (Å²) in [6, 6.07) is 8.88. The summed E-state index contributed by atoms with van der Waals surface area (Å²) in [5, 5.41) is 14.0. The largest absolute Gasteiger partial charge is 0.507 e. The summed E-state index contributed by atoms with van der Waals surface area (Å²) >= 11 is 0. The van der Waals surface area contributed by atoms with Crippen molar-refractivity contribution in [2.24, 2.45) is 0 Å². The van der Waals surface area contributed by atoms with Crippen LogP contribution in [0.2, 0.25) is 0 Å². The lowest BCUT2D eigenvalue weighted by atomic mass is 10.1. The van der Waals surface area contributed by atoms with Gasteiger partial charge >= 0.3 is 0 Å². The van der Waals surface area contributed by atoms with Crippen molar-refractivity contribution in [3.05, 3.63) is 42.1 Å². The Morgan fingerprint density at radius 2 is 2.04 bits per heavy atom. The Morgan fingerprint density at radius 1 is 1.21 bits per heavy atom. The minimum Gasteiger partial charge on any atom is -0.507 e. The molecule has 0 amide bonds. The molecule has 1 N–H and O–H groups in total. The van der Waals surface area contributed by atoms with Crippen LogP contribution in [0.5, 0.6) is 11.5 Å². The van der Waals surface area contributed by atoms with Crippen LogP contribution in [0.15, 0.2) is 41.1 Å². The van der Waals surface area contributed by atoms with Crippen LogP contribution in [0.4, 0.5) is 0 Å². The van der Waals surface area contributed by atoms with Gasteiger partial charge < -0.3 is 14.4 Å². The molecule has 2 aromatic heterocycles. The smallest absolute Gasteiger partial charge is 0.262 e. The van der Waals surface area contributed by atoms with E-state index < -0.39 is 0 Å². The van der Waals surface area contributed by atoms with Crippen molar-refractivity contribution in [1.82, 2.24) is 15.1 Å². The van der Waals surface area contributed by atoms with Crippen LogP contribution in [0, 0.1) is 0 Å². The number of aromatic nitrogens is 3. The number of hydrogen-bond acceptors (Lipinski definition) is 6. The Bertz CT molecular complexity index is 843. The molecule has 0 spiro atoms. The number of aryl methyl sites for hydroxylation is 1. The highest BCUT2D eigenvalue weighted by Crippen LogP contribution is 2.30. The van der Waals surface area contributed by atoms with Crippen molar-refractivity contribution >= 4 is 0 Å². The van der Waals surface area contributed by atoms with Crippen LogP contribution in [0.25, 0.3) is 23.0 Å². The van der Waals surface area contributed by atoms with Crippen LogP contribution < -0.4 is 4.74 Å². The van der Waals surface area contributed by atoms with Crippen LogP contribution in [-0.4, -0.2) is 26.3 Å². The molecule has 0 aliphatic carbocycles. The van der Waals surface area contributed by atoms with E-state index in [9.17, 15) is 5.11 Å². The third-order valence-corrected chi connectivity index (χ3v) is 3.46. The third kappa shape index (κ3) is 3.37. The SMILES string of the molecule is CCc1ccc(O)c(-c2nc(-c3cc(OC(C)C)ccn3)no2)c1. The topological polar surface area (TPSA) is 81.3 Å². The number of rotatable bonds is 5. The molecule has 6 heteroatoms. The molecule has 6 nitrogen and oxygen atoms in total. The molecule has 3 rings (SSSR count). The van der Waals surface area contributed by atoms with E-state index in [2.05, 4.69) is 15.1 Å². The van der Waals surface area contributed by atoms with Crippen molar-refractivity contribution in [3.8, 4) is 34.5 Å². The summed E-state index contributed by atoms with van der Waals surface area (Å²) < 4.78 is 11.0. The van der Waals surface area contributed by atoms with E-state index in [0.717, 1.165) is 12.0 Å². The molecule has 0 saturated carbocycles. The fourth-order valence-corrected chi connectivity index (χ4v) is 2.29. The highest BCUT2D eigenvalue weighted by molar-refractivity contribution is 5.65. The molecule has 2 heterocycles. The van der Waals surface area contributed by atoms with E-state index in [0.29, 0.717) is 22.8 Å². The summed E-state index contributed by atoms with van der Waals surface area (Å²) in [7, 11) is 0. The van der Waals surface area contributed by atoms with Gasteiger partial charge in [0.1, 0.15) is 17.2 Å². The lowest BCUT2D eigenvalue weighted by molar-refractivity contribution is 0.242. The monoisotopic (exact) mass is 325 g/mol. The summed E-state index contributed by atoms with van der Waals surface area (Å²) in [4.78, 5) is 8.60. The van der Waals surface area contributed by atoms with Gasteiger partial charge in [-0.1, -0.05) is 18.1 Å². The zero-order valence-corrected chi connectivity index (χ0v) is 13.9. The maximum absolute atomic E-state index is 10.0. The molecule has 24 heavy (non-hydrogen) atoms. The van der Waals surface area contributed by atoms with Crippen LogP contribution in [0.3, 0.4) is 0 Å². The molecule has 124 valence electrons. The standard InChI is InChI=1S/C18H19N3O3/c1-4-12-5-6-16(22)14(9-12)18-20-17(21-24-18)15-10-13(7-8-19-15)23-11(2)3/h5-11,22H,4H2,1-3H3. The highest BCUT2D eigenvalue weighted by Gasteiger charge is 2.16. The van der Waals surface area contributed by atoms with E-state index in [1.807, 2.05) is 32.9 Å². The molecule has 0 saturated heterocycles. The highest BCUT2D eigenvalue weighted by atomic mass is 16.5.